The molecule has 0 bridgehead atoms. The zero-order valence-corrected chi connectivity index (χ0v) is 12.4. The van der Waals surface area contributed by atoms with Crippen LogP contribution in [0.5, 0.6) is 0 Å². The summed E-state index contributed by atoms with van der Waals surface area (Å²) in [5.74, 6) is 0.827. The van der Waals surface area contributed by atoms with E-state index in [2.05, 4.69) is 20.1 Å². The molecule has 0 spiro atoms. The molecule has 0 saturated carbocycles. The van der Waals surface area contributed by atoms with Crippen LogP contribution in [0.1, 0.15) is 47.3 Å². The molecule has 1 atom stereocenters. The monoisotopic (exact) mass is 290 g/mol. The van der Waals surface area contributed by atoms with Gasteiger partial charge in [-0.3, -0.25) is 4.79 Å². The Balaban J connectivity index is 1.81. The number of hydrogen-bond donors (Lipinski definition) is 0. The lowest BCUT2D eigenvalue weighted by Gasteiger charge is -2.24. The summed E-state index contributed by atoms with van der Waals surface area (Å²) in [6.45, 7) is 6.34. The summed E-state index contributed by atoms with van der Waals surface area (Å²) < 4.78 is 9.89. The zero-order chi connectivity index (χ0) is 15.0. The molecule has 1 aliphatic heterocycles. The van der Waals surface area contributed by atoms with E-state index in [1.54, 1.807) is 6.92 Å². The second-order valence-corrected chi connectivity index (χ2v) is 5.46. The molecule has 1 fully saturated rings. The number of hydrogen-bond acceptors (Lipinski definition) is 6. The maximum atomic E-state index is 12.6. The van der Waals surface area contributed by atoms with E-state index in [-0.39, 0.29) is 18.4 Å². The number of rotatable bonds is 3. The zero-order valence-electron chi connectivity index (χ0n) is 12.4. The molecule has 3 rings (SSSR count). The molecule has 1 amide bonds. The van der Waals surface area contributed by atoms with Gasteiger partial charge >= 0.3 is 0 Å². The van der Waals surface area contributed by atoms with E-state index in [1.807, 2.05) is 18.7 Å². The molecule has 112 valence electrons. The van der Waals surface area contributed by atoms with E-state index in [1.165, 1.54) is 0 Å². The van der Waals surface area contributed by atoms with E-state index >= 15 is 0 Å². The minimum atomic E-state index is 0.0382. The Morgan fingerprint density at radius 2 is 2.05 bits per heavy atom. The minimum Gasteiger partial charge on any atom is -0.361 e. The van der Waals surface area contributed by atoms with Crippen molar-refractivity contribution in [1.82, 2.24) is 20.4 Å². The summed E-state index contributed by atoms with van der Waals surface area (Å²) in [6, 6.07) is 0.0453. The highest BCUT2D eigenvalue weighted by atomic mass is 16.6. The molecule has 0 radical (unpaired) electrons. The molecular weight excluding hydrogens is 272 g/mol. The van der Waals surface area contributed by atoms with Gasteiger partial charge in [0.25, 0.3) is 0 Å². The molecule has 7 heteroatoms. The SMILES string of the molecule is Cc1nonc1CC(=O)N1CCCC1c1c(C)noc1C. The molecule has 1 saturated heterocycles. The van der Waals surface area contributed by atoms with E-state index < -0.39 is 0 Å². The maximum absolute atomic E-state index is 12.6. The predicted molar refractivity (Wildman–Crippen MR) is 72.4 cm³/mol. The molecule has 0 N–H and O–H groups in total. The van der Waals surface area contributed by atoms with Gasteiger partial charge in [-0.15, -0.1) is 0 Å². The molecule has 21 heavy (non-hydrogen) atoms. The molecule has 2 aromatic heterocycles. The van der Waals surface area contributed by atoms with Crippen LogP contribution in [0.2, 0.25) is 0 Å². The van der Waals surface area contributed by atoms with Crippen LogP contribution in [0.15, 0.2) is 9.15 Å². The van der Waals surface area contributed by atoms with Crippen LogP contribution in [0, 0.1) is 20.8 Å². The first-order valence-electron chi connectivity index (χ1n) is 7.08. The van der Waals surface area contributed by atoms with E-state index in [4.69, 9.17) is 4.52 Å². The van der Waals surface area contributed by atoms with E-state index in [0.29, 0.717) is 11.4 Å². The van der Waals surface area contributed by atoms with Crippen molar-refractivity contribution in [2.45, 2.75) is 46.1 Å². The second kappa shape index (κ2) is 5.31. The van der Waals surface area contributed by atoms with Crippen molar-refractivity contribution in [2.75, 3.05) is 6.54 Å². The predicted octanol–water partition coefficient (Wildman–Crippen LogP) is 1.89. The van der Waals surface area contributed by atoms with Gasteiger partial charge in [0.15, 0.2) is 0 Å². The number of carbonyl (C=O) groups excluding carboxylic acids is 1. The molecule has 1 aliphatic rings. The third kappa shape index (κ3) is 2.43. The van der Waals surface area contributed by atoms with Crippen molar-refractivity contribution in [1.29, 1.82) is 0 Å². The molecule has 0 aromatic carbocycles. The number of aromatic nitrogens is 3. The molecular formula is C14H18N4O3. The number of amides is 1. The Labute approximate surface area is 122 Å². The van der Waals surface area contributed by atoms with Crippen LogP contribution in [0.3, 0.4) is 0 Å². The van der Waals surface area contributed by atoms with E-state index in [0.717, 1.165) is 36.4 Å². The van der Waals surface area contributed by atoms with Gasteiger partial charge in [-0.05, 0) is 33.6 Å². The number of carbonyl (C=O) groups is 1. The maximum Gasteiger partial charge on any atom is 0.229 e. The van der Waals surface area contributed by atoms with Crippen LogP contribution >= 0.6 is 0 Å². The largest absolute Gasteiger partial charge is 0.361 e. The fraction of sp³-hybridized carbons (Fsp3) is 0.571. The number of aryl methyl sites for hydroxylation is 3. The average molecular weight is 290 g/mol. The van der Waals surface area contributed by atoms with Crippen molar-refractivity contribution < 1.29 is 13.9 Å². The first kappa shape index (κ1) is 13.8. The topological polar surface area (TPSA) is 85.3 Å². The summed E-state index contributed by atoms with van der Waals surface area (Å²) in [4.78, 5) is 14.4. The van der Waals surface area contributed by atoms with Gasteiger partial charge in [-0.2, -0.15) is 0 Å². The lowest BCUT2D eigenvalue weighted by atomic mass is 10.0. The van der Waals surface area contributed by atoms with Crippen LogP contribution in [-0.4, -0.2) is 32.8 Å². The molecule has 3 heterocycles. The van der Waals surface area contributed by atoms with Crippen molar-refractivity contribution in [2.24, 2.45) is 0 Å². The summed E-state index contributed by atoms with van der Waals surface area (Å²) in [6.07, 6.45) is 2.14. The molecule has 2 aromatic rings. The highest BCUT2D eigenvalue weighted by Crippen LogP contribution is 2.35. The third-order valence-corrected chi connectivity index (χ3v) is 4.06. The van der Waals surface area contributed by atoms with Gasteiger partial charge in [0.2, 0.25) is 5.91 Å². The van der Waals surface area contributed by atoms with E-state index in [9.17, 15) is 4.79 Å². The summed E-state index contributed by atoms with van der Waals surface area (Å²) in [5.41, 5.74) is 3.16. The van der Waals surface area contributed by atoms with Crippen LogP contribution in [0.25, 0.3) is 0 Å². The molecule has 1 unspecified atom stereocenters. The summed E-state index contributed by atoms with van der Waals surface area (Å²) in [5, 5.41) is 11.5. The standard InChI is InChI=1S/C14H18N4O3/c1-8-11(17-21-16-8)7-13(19)18-6-4-5-12(18)14-9(2)15-20-10(14)3/h12H,4-7H2,1-3H3. The first-order chi connectivity index (χ1) is 10.1. The summed E-state index contributed by atoms with van der Waals surface area (Å²) >= 11 is 0. The normalized spacial score (nSPS) is 18.4. The lowest BCUT2D eigenvalue weighted by molar-refractivity contribution is -0.131. The Bertz CT molecular complexity index is 641. The van der Waals surface area contributed by atoms with Crippen molar-refractivity contribution in [3.63, 3.8) is 0 Å². The lowest BCUT2D eigenvalue weighted by Crippen LogP contribution is -2.32. The van der Waals surface area contributed by atoms with Gasteiger partial charge in [-0.1, -0.05) is 15.5 Å². The minimum absolute atomic E-state index is 0.0382. The van der Waals surface area contributed by atoms with Crippen molar-refractivity contribution in [3.05, 3.63) is 28.4 Å². The van der Waals surface area contributed by atoms with Crippen molar-refractivity contribution in [3.8, 4) is 0 Å². The Hall–Kier alpha value is -2.18. The Morgan fingerprint density at radius 1 is 1.24 bits per heavy atom. The Kier molecular flexibility index (Phi) is 3.48. The van der Waals surface area contributed by atoms with Gasteiger partial charge in [0.05, 0.1) is 18.2 Å². The smallest absolute Gasteiger partial charge is 0.229 e. The first-order valence-corrected chi connectivity index (χ1v) is 7.08. The van der Waals surface area contributed by atoms with Crippen molar-refractivity contribution >= 4 is 5.91 Å². The Morgan fingerprint density at radius 3 is 2.67 bits per heavy atom. The highest BCUT2D eigenvalue weighted by Gasteiger charge is 2.34. The average Bonchev–Trinajstić information content (AvgIpc) is 3.13. The van der Waals surface area contributed by atoms with Crippen LogP contribution in [-0.2, 0) is 11.2 Å². The summed E-state index contributed by atoms with van der Waals surface area (Å²) in [7, 11) is 0. The second-order valence-electron chi connectivity index (χ2n) is 5.46. The molecule has 0 aliphatic carbocycles. The number of nitrogens with zero attached hydrogens (tertiary/aromatic N) is 4. The van der Waals surface area contributed by atoms with Gasteiger partial charge in [0, 0.05) is 12.1 Å². The highest BCUT2D eigenvalue weighted by molar-refractivity contribution is 5.79. The number of likely N-dealkylation sites (tertiary alicyclic amines) is 1. The third-order valence-electron chi connectivity index (χ3n) is 4.06. The molecule has 7 nitrogen and oxygen atoms in total. The quantitative estimate of drug-likeness (QED) is 0.858. The fourth-order valence-corrected chi connectivity index (χ4v) is 2.99. The fourth-order valence-electron chi connectivity index (χ4n) is 2.99. The van der Waals surface area contributed by atoms with Gasteiger partial charge in [-0.25, -0.2) is 4.63 Å². The van der Waals surface area contributed by atoms with Gasteiger partial charge in [0.1, 0.15) is 17.1 Å². The van der Waals surface area contributed by atoms with Gasteiger partial charge < -0.3 is 9.42 Å². The van der Waals surface area contributed by atoms with Crippen LogP contribution in [0.4, 0.5) is 0 Å². The van der Waals surface area contributed by atoms with Crippen LogP contribution < -0.4 is 0 Å².